The zero-order valence-electron chi connectivity index (χ0n) is 8.24. The number of hydrogen-bond acceptors (Lipinski definition) is 3. The fraction of sp³-hybridized carbons (Fsp3) is 0.200. The highest BCUT2D eigenvalue weighted by Crippen LogP contribution is 2.38. The van der Waals surface area contributed by atoms with E-state index in [1.807, 2.05) is 0 Å². The van der Waals surface area contributed by atoms with Crippen LogP contribution in [0.4, 0.5) is 0 Å². The standard InChI is InChI=1S/C10H12BrNO2.ClH/c1-3-7(12)9-6(11)4-5-8(14-2)10(9)13;/h3-5,7,13H,1,12H2,2H3;1H/t7-;/m0./s1. The quantitative estimate of drug-likeness (QED) is 0.843. The molecule has 1 atom stereocenters. The van der Waals surface area contributed by atoms with E-state index < -0.39 is 6.04 Å². The van der Waals surface area contributed by atoms with E-state index in [0.717, 1.165) is 4.47 Å². The molecule has 0 aliphatic heterocycles. The number of methoxy groups -OCH3 is 1. The van der Waals surface area contributed by atoms with E-state index in [1.54, 1.807) is 18.2 Å². The van der Waals surface area contributed by atoms with Gasteiger partial charge in [-0.05, 0) is 12.1 Å². The second kappa shape index (κ2) is 6.00. The zero-order valence-corrected chi connectivity index (χ0v) is 10.6. The highest BCUT2D eigenvalue weighted by Gasteiger charge is 2.15. The van der Waals surface area contributed by atoms with Crippen LogP contribution in [0.1, 0.15) is 11.6 Å². The van der Waals surface area contributed by atoms with Crippen molar-refractivity contribution >= 4 is 28.3 Å². The van der Waals surface area contributed by atoms with E-state index in [9.17, 15) is 5.11 Å². The van der Waals surface area contributed by atoms with Gasteiger partial charge in [0.1, 0.15) is 0 Å². The van der Waals surface area contributed by atoms with E-state index in [2.05, 4.69) is 22.5 Å². The lowest BCUT2D eigenvalue weighted by atomic mass is 10.1. The maximum Gasteiger partial charge on any atom is 0.163 e. The Balaban J connectivity index is 0.00000196. The van der Waals surface area contributed by atoms with Gasteiger partial charge in [-0.1, -0.05) is 22.0 Å². The predicted molar refractivity (Wildman–Crippen MR) is 66.7 cm³/mol. The minimum Gasteiger partial charge on any atom is -0.504 e. The largest absolute Gasteiger partial charge is 0.504 e. The first-order chi connectivity index (χ1) is 6.61. The first-order valence-electron chi connectivity index (χ1n) is 4.05. The van der Waals surface area contributed by atoms with Crippen LogP contribution in [0, 0.1) is 0 Å². The normalized spacial score (nSPS) is 11.4. The molecule has 15 heavy (non-hydrogen) atoms. The molecule has 1 rings (SSSR count). The Morgan fingerprint density at radius 2 is 2.20 bits per heavy atom. The molecule has 84 valence electrons. The molecule has 0 radical (unpaired) electrons. The third-order valence-corrected chi connectivity index (χ3v) is 2.63. The lowest BCUT2D eigenvalue weighted by Crippen LogP contribution is -2.08. The summed E-state index contributed by atoms with van der Waals surface area (Å²) in [6.07, 6.45) is 1.55. The molecule has 0 saturated carbocycles. The van der Waals surface area contributed by atoms with Gasteiger partial charge in [-0.2, -0.15) is 0 Å². The Kier molecular flexibility index (Phi) is 5.72. The van der Waals surface area contributed by atoms with Crippen molar-refractivity contribution in [2.45, 2.75) is 6.04 Å². The van der Waals surface area contributed by atoms with Gasteiger partial charge in [0.05, 0.1) is 13.2 Å². The van der Waals surface area contributed by atoms with Gasteiger partial charge >= 0.3 is 0 Å². The van der Waals surface area contributed by atoms with Crippen LogP contribution in [0.15, 0.2) is 29.3 Å². The van der Waals surface area contributed by atoms with Crippen molar-refractivity contribution in [3.8, 4) is 11.5 Å². The number of aromatic hydroxyl groups is 1. The van der Waals surface area contributed by atoms with Crippen LogP contribution in [-0.4, -0.2) is 12.2 Å². The molecule has 0 aliphatic carbocycles. The summed E-state index contributed by atoms with van der Waals surface area (Å²) in [6, 6.07) is 3.02. The highest BCUT2D eigenvalue weighted by atomic mass is 79.9. The van der Waals surface area contributed by atoms with Crippen LogP contribution >= 0.6 is 28.3 Å². The maximum atomic E-state index is 9.79. The molecule has 3 nitrogen and oxygen atoms in total. The fourth-order valence-corrected chi connectivity index (χ4v) is 1.75. The molecule has 5 heteroatoms. The van der Waals surface area contributed by atoms with Gasteiger partial charge in [0, 0.05) is 10.0 Å². The summed E-state index contributed by atoms with van der Waals surface area (Å²) in [7, 11) is 1.49. The van der Waals surface area contributed by atoms with E-state index in [0.29, 0.717) is 11.3 Å². The monoisotopic (exact) mass is 293 g/mol. The van der Waals surface area contributed by atoms with E-state index in [-0.39, 0.29) is 18.2 Å². The summed E-state index contributed by atoms with van der Waals surface area (Å²) in [6.45, 7) is 3.58. The summed E-state index contributed by atoms with van der Waals surface area (Å²) < 4.78 is 5.71. The number of hydrogen-bond donors (Lipinski definition) is 2. The molecule has 0 unspecified atom stereocenters. The third-order valence-electron chi connectivity index (χ3n) is 1.93. The number of phenols is 1. The molecule has 0 bridgehead atoms. The van der Waals surface area contributed by atoms with Crippen molar-refractivity contribution in [2.24, 2.45) is 5.73 Å². The summed E-state index contributed by atoms with van der Waals surface area (Å²) in [5.74, 6) is 0.453. The molecular formula is C10H13BrClNO2. The number of benzene rings is 1. The van der Waals surface area contributed by atoms with Gasteiger partial charge in [0.15, 0.2) is 11.5 Å². The molecule has 0 amide bonds. The Bertz CT molecular complexity index is 358. The average molecular weight is 295 g/mol. The third kappa shape index (κ3) is 2.87. The Morgan fingerprint density at radius 1 is 1.60 bits per heavy atom. The molecule has 0 aromatic heterocycles. The van der Waals surface area contributed by atoms with Crippen molar-refractivity contribution in [1.82, 2.24) is 0 Å². The molecule has 1 aromatic rings. The lowest BCUT2D eigenvalue weighted by Gasteiger charge is -2.14. The van der Waals surface area contributed by atoms with Crippen LogP contribution < -0.4 is 10.5 Å². The van der Waals surface area contributed by atoms with Gasteiger partial charge in [0.25, 0.3) is 0 Å². The number of ether oxygens (including phenoxy) is 1. The summed E-state index contributed by atoms with van der Waals surface area (Å²) >= 11 is 3.31. The number of rotatable bonds is 3. The van der Waals surface area contributed by atoms with Gasteiger partial charge in [-0.15, -0.1) is 19.0 Å². The first kappa shape index (κ1) is 14.3. The van der Waals surface area contributed by atoms with E-state index >= 15 is 0 Å². The minimum atomic E-state index is -0.417. The van der Waals surface area contributed by atoms with Crippen molar-refractivity contribution in [3.05, 3.63) is 34.8 Å². The first-order valence-corrected chi connectivity index (χ1v) is 4.84. The SMILES string of the molecule is C=C[C@H](N)c1c(Br)ccc(OC)c1O.Cl. The van der Waals surface area contributed by atoms with E-state index in [4.69, 9.17) is 10.5 Å². The highest BCUT2D eigenvalue weighted by molar-refractivity contribution is 9.10. The summed E-state index contributed by atoms with van der Waals surface area (Å²) in [5, 5.41) is 9.79. The smallest absolute Gasteiger partial charge is 0.163 e. The number of phenolic OH excluding ortho intramolecular Hbond substituents is 1. The Morgan fingerprint density at radius 3 is 2.67 bits per heavy atom. The molecule has 0 aliphatic rings. The molecule has 0 saturated heterocycles. The molecule has 0 heterocycles. The molecule has 3 N–H and O–H groups in total. The molecule has 0 fully saturated rings. The number of nitrogens with two attached hydrogens (primary N) is 1. The Labute approximate surface area is 103 Å². The zero-order chi connectivity index (χ0) is 10.7. The predicted octanol–water partition coefficient (Wildman–Crippen LogP) is 2.77. The number of halogens is 2. The second-order valence-corrected chi connectivity index (χ2v) is 3.63. The molecular weight excluding hydrogens is 281 g/mol. The Hall–Kier alpha value is -0.710. The fourth-order valence-electron chi connectivity index (χ4n) is 1.16. The van der Waals surface area contributed by atoms with Crippen molar-refractivity contribution in [2.75, 3.05) is 7.11 Å². The van der Waals surface area contributed by atoms with Crippen LogP contribution in [0.3, 0.4) is 0 Å². The minimum absolute atomic E-state index is 0. The van der Waals surface area contributed by atoms with Crippen molar-refractivity contribution < 1.29 is 9.84 Å². The lowest BCUT2D eigenvalue weighted by molar-refractivity contribution is 0.369. The van der Waals surface area contributed by atoms with Crippen LogP contribution in [0.2, 0.25) is 0 Å². The van der Waals surface area contributed by atoms with E-state index in [1.165, 1.54) is 7.11 Å². The average Bonchev–Trinajstić information content (AvgIpc) is 2.18. The van der Waals surface area contributed by atoms with Crippen LogP contribution in [-0.2, 0) is 0 Å². The van der Waals surface area contributed by atoms with Gasteiger partial charge < -0.3 is 15.6 Å². The topological polar surface area (TPSA) is 55.5 Å². The molecule has 1 aromatic carbocycles. The van der Waals surface area contributed by atoms with Crippen LogP contribution in [0.25, 0.3) is 0 Å². The maximum absolute atomic E-state index is 9.79. The molecule has 0 spiro atoms. The van der Waals surface area contributed by atoms with Crippen LogP contribution in [0.5, 0.6) is 11.5 Å². The summed E-state index contributed by atoms with van der Waals surface area (Å²) in [5.41, 5.74) is 6.34. The van der Waals surface area contributed by atoms with Gasteiger partial charge in [0.2, 0.25) is 0 Å². The summed E-state index contributed by atoms with van der Waals surface area (Å²) in [4.78, 5) is 0. The van der Waals surface area contributed by atoms with Crippen molar-refractivity contribution in [1.29, 1.82) is 0 Å². The van der Waals surface area contributed by atoms with Gasteiger partial charge in [-0.3, -0.25) is 0 Å². The van der Waals surface area contributed by atoms with Gasteiger partial charge in [-0.25, -0.2) is 0 Å². The van der Waals surface area contributed by atoms with Crippen molar-refractivity contribution in [3.63, 3.8) is 0 Å². The second-order valence-electron chi connectivity index (χ2n) is 2.77.